The number of carbonyl (C=O) groups is 1. The van der Waals surface area contributed by atoms with Crippen molar-refractivity contribution in [1.29, 1.82) is 0 Å². The summed E-state index contributed by atoms with van der Waals surface area (Å²) in [6.07, 6.45) is 70.3. The zero-order valence-electron chi connectivity index (χ0n) is 49.9. The van der Waals surface area contributed by atoms with E-state index in [1.165, 1.54) is 283 Å². The van der Waals surface area contributed by atoms with Crippen LogP contribution in [0.2, 0.25) is 0 Å². The molecule has 0 bridgehead atoms. The fraction of sp³-hybridized carbons (Fsp3) is 0.953. The van der Waals surface area contributed by atoms with Gasteiger partial charge in [-0.05, 0) is 19.3 Å². The molecule has 0 aliphatic rings. The molecule has 3 atom stereocenters. The fourth-order valence-electron chi connectivity index (χ4n) is 10.2. The van der Waals surface area contributed by atoms with E-state index in [1.54, 1.807) is 6.08 Å². The molecule has 0 radical (unpaired) electrons. The van der Waals surface area contributed by atoms with Crippen LogP contribution in [-0.2, 0) is 18.4 Å². The summed E-state index contributed by atoms with van der Waals surface area (Å²) in [6, 6.07) is -0.883. The predicted octanol–water partition coefficient (Wildman–Crippen LogP) is 19.5. The lowest BCUT2D eigenvalue weighted by atomic mass is 10.0. The van der Waals surface area contributed by atoms with Gasteiger partial charge >= 0.3 is 0 Å². The van der Waals surface area contributed by atoms with E-state index in [-0.39, 0.29) is 19.1 Å². The standard InChI is InChI=1S/C64H129N2O6P/c1-6-8-10-12-14-16-18-20-22-24-26-28-29-30-31-32-33-34-35-36-38-39-41-43-45-47-49-51-53-55-57-63(67)62(61-72-73(69,70)71-60-59-66(3,4)5)65-64(68)58-56-54-52-50-48-46-44-42-40-37-27-25-23-21-19-17-15-13-11-9-7-2/h55,57,62-63,67H,6-54,56,58-61H2,1-5H3,(H-,65,68,69,70)/b57-55+. The minimum Gasteiger partial charge on any atom is -0.756 e. The lowest BCUT2D eigenvalue weighted by Gasteiger charge is -2.29. The van der Waals surface area contributed by atoms with Gasteiger partial charge in [0.1, 0.15) is 13.2 Å². The first-order valence-corrected chi connectivity index (χ1v) is 34.0. The first kappa shape index (κ1) is 72.2. The summed E-state index contributed by atoms with van der Waals surface area (Å²) in [7, 11) is 1.28. The van der Waals surface area contributed by atoms with E-state index in [9.17, 15) is 19.4 Å². The molecule has 436 valence electrons. The van der Waals surface area contributed by atoms with Crippen LogP contribution >= 0.6 is 7.82 Å². The van der Waals surface area contributed by atoms with E-state index in [2.05, 4.69) is 19.2 Å². The molecule has 0 spiro atoms. The van der Waals surface area contributed by atoms with Gasteiger partial charge < -0.3 is 28.8 Å². The highest BCUT2D eigenvalue weighted by molar-refractivity contribution is 7.45. The number of phosphoric acid groups is 1. The lowest BCUT2D eigenvalue weighted by molar-refractivity contribution is -0.870. The van der Waals surface area contributed by atoms with Gasteiger partial charge in [-0.2, -0.15) is 0 Å². The number of aliphatic hydroxyl groups excluding tert-OH is 1. The van der Waals surface area contributed by atoms with Crippen LogP contribution in [0, 0.1) is 0 Å². The van der Waals surface area contributed by atoms with E-state index in [0.29, 0.717) is 17.4 Å². The average molecular weight is 1050 g/mol. The summed E-state index contributed by atoms with van der Waals surface area (Å²) in [5.74, 6) is -0.189. The Balaban J connectivity index is 4.07. The maximum atomic E-state index is 13.0. The van der Waals surface area contributed by atoms with Crippen LogP contribution in [0.15, 0.2) is 12.2 Å². The second kappa shape index (κ2) is 56.0. The first-order valence-electron chi connectivity index (χ1n) is 32.6. The average Bonchev–Trinajstić information content (AvgIpc) is 3.35. The quantitative estimate of drug-likeness (QED) is 0.0272. The molecule has 0 aromatic rings. The molecule has 0 fully saturated rings. The first-order chi connectivity index (χ1) is 35.5. The normalized spacial score (nSPS) is 13.8. The van der Waals surface area contributed by atoms with Crippen LogP contribution in [0.1, 0.15) is 341 Å². The van der Waals surface area contributed by atoms with Gasteiger partial charge in [0.2, 0.25) is 5.91 Å². The van der Waals surface area contributed by atoms with Crippen molar-refractivity contribution in [1.82, 2.24) is 5.32 Å². The van der Waals surface area contributed by atoms with Crippen molar-refractivity contribution >= 4 is 13.7 Å². The molecule has 9 heteroatoms. The Morgan fingerprint density at radius 1 is 0.466 bits per heavy atom. The van der Waals surface area contributed by atoms with E-state index in [0.717, 1.165) is 38.5 Å². The second-order valence-electron chi connectivity index (χ2n) is 23.8. The summed E-state index contributed by atoms with van der Waals surface area (Å²) in [6.45, 7) is 4.71. The number of carbonyl (C=O) groups excluding carboxylic acids is 1. The summed E-state index contributed by atoms with van der Waals surface area (Å²) >= 11 is 0. The van der Waals surface area contributed by atoms with Crippen LogP contribution in [0.4, 0.5) is 0 Å². The third-order valence-corrected chi connectivity index (χ3v) is 16.2. The van der Waals surface area contributed by atoms with Crippen molar-refractivity contribution in [2.75, 3.05) is 40.9 Å². The van der Waals surface area contributed by atoms with E-state index in [1.807, 2.05) is 27.2 Å². The number of quaternary nitrogens is 1. The molecule has 0 aliphatic carbocycles. The Labute approximate surface area is 456 Å². The summed E-state index contributed by atoms with van der Waals surface area (Å²) < 4.78 is 23.4. The van der Waals surface area contributed by atoms with Crippen molar-refractivity contribution in [3.63, 3.8) is 0 Å². The Hall–Kier alpha value is -0.760. The zero-order valence-corrected chi connectivity index (χ0v) is 50.8. The van der Waals surface area contributed by atoms with Crippen molar-refractivity contribution in [2.24, 2.45) is 0 Å². The topological polar surface area (TPSA) is 108 Å². The van der Waals surface area contributed by atoms with Gasteiger partial charge in [0, 0.05) is 6.42 Å². The minimum absolute atomic E-state index is 0.00288. The Bertz CT molecular complexity index is 1200. The maximum Gasteiger partial charge on any atom is 0.268 e. The molecule has 8 nitrogen and oxygen atoms in total. The molecule has 0 aromatic carbocycles. The summed E-state index contributed by atoms with van der Waals surface area (Å²) in [5.41, 5.74) is 0. The van der Waals surface area contributed by atoms with Crippen LogP contribution < -0.4 is 10.2 Å². The molecule has 2 N–H and O–H groups in total. The number of likely N-dealkylation sites (N-methyl/N-ethyl adjacent to an activating group) is 1. The molecular weight excluding hydrogens is 924 g/mol. The molecule has 0 heterocycles. The smallest absolute Gasteiger partial charge is 0.268 e. The van der Waals surface area contributed by atoms with Crippen LogP contribution in [-0.4, -0.2) is 68.5 Å². The van der Waals surface area contributed by atoms with Gasteiger partial charge in [-0.15, -0.1) is 0 Å². The Morgan fingerprint density at radius 3 is 1.03 bits per heavy atom. The number of allylic oxidation sites excluding steroid dienone is 1. The van der Waals surface area contributed by atoms with Crippen molar-refractivity contribution in [3.8, 4) is 0 Å². The Morgan fingerprint density at radius 2 is 0.740 bits per heavy atom. The number of nitrogens with zero attached hydrogens (tertiary/aromatic N) is 1. The summed E-state index contributed by atoms with van der Waals surface area (Å²) in [5, 5.41) is 13.9. The fourth-order valence-corrected chi connectivity index (χ4v) is 10.9. The maximum absolute atomic E-state index is 13.0. The van der Waals surface area contributed by atoms with Crippen molar-refractivity contribution in [3.05, 3.63) is 12.2 Å². The van der Waals surface area contributed by atoms with Gasteiger partial charge in [0.15, 0.2) is 0 Å². The van der Waals surface area contributed by atoms with Crippen LogP contribution in [0.3, 0.4) is 0 Å². The molecule has 73 heavy (non-hydrogen) atoms. The number of amides is 1. The highest BCUT2D eigenvalue weighted by Gasteiger charge is 2.23. The monoisotopic (exact) mass is 1050 g/mol. The molecule has 3 unspecified atom stereocenters. The van der Waals surface area contributed by atoms with E-state index >= 15 is 0 Å². The van der Waals surface area contributed by atoms with Gasteiger partial charge in [0.25, 0.3) is 7.82 Å². The molecule has 1 amide bonds. The number of hydrogen-bond acceptors (Lipinski definition) is 6. The largest absolute Gasteiger partial charge is 0.756 e. The molecule has 0 aromatic heterocycles. The molecule has 0 saturated carbocycles. The SMILES string of the molecule is CCCCCCCCCCCCCCCCCCCCCCCCCCCCCC/C=C/C(O)C(COP(=O)([O-])OCC[N+](C)(C)C)NC(=O)CCCCCCCCCCCCCCCCCCCCCCC. The van der Waals surface area contributed by atoms with Gasteiger partial charge in [-0.3, -0.25) is 9.36 Å². The van der Waals surface area contributed by atoms with Crippen LogP contribution in [0.5, 0.6) is 0 Å². The summed E-state index contributed by atoms with van der Waals surface area (Å²) in [4.78, 5) is 25.6. The number of hydrogen-bond donors (Lipinski definition) is 2. The third-order valence-electron chi connectivity index (χ3n) is 15.2. The predicted molar refractivity (Wildman–Crippen MR) is 316 cm³/mol. The van der Waals surface area contributed by atoms with E-state index < -0.39 is 20.0 Å². The molecule has 0 rings (SSSR count). The Kier molecular flexibility index (Phi) is 55.4. The van der Waals surface area contributed by atoms with E-state index in [4.69, 9.17) is 9.05 Å². The molecular formula is C64H129N2O6P. The van der Waals surface area contributed by atoms with Gasteiger partial charge in [-0.1, -0.05) is 328 Å². The highest BCUT2D eigenvalue weighted by Crippen LogP contribution is 2.38. The number of nitrogens with one attached hydrogen (secondary N) is 1. The third kappa shape index (κ3) is 58.8. The van der Waals surface area contributed by atoms with Gasteiger partial charge in [-0.25, -0.2) is 0 Å². The zero-order chi connectivity index (χ0) is 53.5. The molecule has 0 aliphatic heterocycles. The van der Waals surface area contributed by atoms with Crippen molar-refractivity contribution in [2.45, 2.75) is 353 Å². The van der Waals surface area contributed by atoms with Gasteiger partial charge in [0.05, 0.1) is 39.9 Å². The minimum atomic E-state index is -4.60. The second-order valence-corrected chi connectivity index (χ2v) is 25.2. The van der Waals surface area contributed by atoms with Crippen LogP contribution in [0.25, 0.3) is 0 Å². The van der Waals surface area contributed by atoms with Crippen molar-refractivity contribution < 1.29 is 32.9 Å². The molecule has 0 saturated heterocycles. The number of phosphoric ester groups is 1. The lowest BCUT2D eigenvalue weighted by Crippen LogP contribution is -2.45. The number of unbranched alkanes of at least 4 members (excludes halogenated alkanes) is 48. The number of aliphatic hydroxyl groups is 1. The number of rotatable bonds is 61. The highest BCUT2D eigenvalue weighted by atomic mass is 31.2.